The molecule has 0 saturated carbocycles. The van der Waals surface area contributed by atoms with Crippen molar-refractivity contribution in [2.75, 3.05) is 13.7 Å². The largest absolute Gasteiger partial charge is 0.467 e. The summed E-state index contributed by atoms with van der Waals surface area (Å²) in [6.45, 7) is 1.56. The molecule has 1 fully saturated rings. The van der Waals surface area contributed by atoms with Gasteiger partial charge in [-0.05, 0) is 25.1 Å². The summed E-state index contributed by atoms with van der Waals surface area (Å²) in [6.07, 6.45) is -0.852. The van der Waals surface area contributed by atoms with Crippen LogP contribution in [0.1, 0.15) is 12.5 Å². The molecule has 1 aromatic rings. The van der Waals surface area contributed by atoms with Crippen molar-refractivity contribution in [3.05, 3.63) is 34.6 Å². The lowest BCUT2D eigenvalue weighted by Crippen LogP contribution is -2.29. The van der Waals surface area contributed by atoms with E-state index >= 15 is 0 Å². The van der Waals surface area contributed by atoms with Gasteiger partial charge in [0.1, 0.15) is 5.82 Å². The highest BCUT2D eigenvalue weighted by atomic mass is 35.5. The summed E-state index contributed by atoms with van der Waals surface area (Å²) in [6, 6.07) is 4.17. The number of ether oxygens (including phenoxy) is 3. The first kappa shape index (κ1) is 13.3. The Hall–Kier alpha value is -1.17. The topological polar surface area (TPSA) is 44.8 Å². The minimum Gasteiger partial charge on any atom is -0.467 e. The Labute approximate surface area is 109 Å². The molecule has 1 aliphatic heterocycles. The van der Waals surface area contributed by atoms with Gasteiger partial charge >= 0.3 is 5.97 Å². The number of esters is 1. The fourth-order valence-electron chi connectivity index (χ4n) is 1.82. The average molecular weight is 275 g/mol. The molecular formula is C12H12ClFO4. The smallest absolute Gasteiger partial charge is 0.337 e. The van der Waals surface area contributed by atoms with Gasteiger partial charge in [-0.3, -0.25) is 0 Å². The van der Waals surface area contributed by atoms with E-state index in [4.69, 9.17) is 21.1 Å². The quantitative estimate of drug-likeness (QED) is 0.776. The zero-order chi connectivity index (χ0) is 13.3. The second kappa shape index (κ2) is 4.84. The van der Waals surface area contributed by atoms with Crippen LogP contribution < -0.4 is 0 Å². The Balaban J connectivity index is 2.25. The SMILES string of the molecule is COC(=O)C1COC(C)(c2ccc(Cl)cc2F)O1. The number of carbonyl (C=O) groups is 1. The highest BCUT2D eigenvalue weighted by Gasteiger charge is 2.44. The fourth-order valence-corrected chi connectivity index (χ4v) is 1.98. The van der Waals surface area contributed by atoms with Crippen molar-refractivity contribution in [1.82, 2.24) is 0 Å². The van der Waals surface area contributed by atoms with Crippen molar-refractivity contribution < 1.29 is 23.4 Å². The van der Waals surface area contributed by atoms with E-state index in [1.807, 2.05) is 0 Å². The number of halogens is 2. The molecule has 1 aromatic carbocycles. The normalized spacial score (nSPS) is 27.2. The van der Waals surface area contributed by atoms with Crippen LogP contribution in [0, 0.1) is 5.82 Å². The van der Waals surface area contributed by atoms with E-state index in [0.29, 0.717) is 0 Å². The van der Waals surface area contributed by atoms with Gasteiger partial charge < -0.3 is 14.2 Å². The molecule has 6 heteroatoms. The minimum atomic E-state index is -1.31. The van der Waals surface area contributed by atoms with E-state index in [-0.39, 0.29) is 17.2 Å². The maximum atomic E-state index is 13.8. The Morgan fingerprint density at radius 3 is 2.94 bits per heavy atom. The molecule has 4 nitrogen and oxygen atoms in total. The number of rotatable bonds is 2. The molecule has 1 saturated heterocycles. The molecule has 0 amide bonds. The number of hydrogen-bond acceptors (Lipinski definition) is 4. The average Bonchev–Trinajstić information content (AvgIpc) is 2.71. The molecule has 18 heavy (non-hydrogen) atoms. The lowest BCUT2D eigenvalue weighted by molar-refractivity contribution is -0.179. The lowest BCUT2D eigenvalue weighted by atomic mass is 10.1. The van der Waals surface area contributed by atoms with Gasteiger partial charge in [-0.2, -0.15) is 0 Å². The molecule has 0 bridgehead atoms. The highest BCUT2D eigenvalue weighted by molar-refractivity contribution is 6.30. The lowest BCUT2D eigenvalue weighted by Gasteiger charge is -2.23. The van der Waals surface area contributed by atoms with Crippen LogP contribution in [0.15, 0.2) is 18.2 Å². The van der Waals surface area contributed by atoms with Crippen molar-refractivity contribution in [3.63, 3.8) is 0 Å². The number of benzene rings is 1. The van der Waals surface area contributed by atoms with Crippen LogP contribution in [-0.2, 0) is 24.8 Å². The predicted molar refractivity (Wildman–Crippen MR) is 61.6 cm³/mol. The third-order valence-corrected chi connectivity index (χ3v) is 3.00. The number of methoxy groups -OCH3 is 1. The van der Waals surface area contributed by atoms with Crippen LogP contribution in [0.2, 0.25) is 5.02 Å². The van der Waals surface area contributed by atoms with Gasteiger partial charge in [0.15, 0.2) is 11.9 Å². The van der Waals surface area contributed by atoms with Crippen LogP contribution in [0.5, 0.6) is 0 Å². The van der Waals surface area contributed by atoms with E-state index in [1.165, 1.54) is 25.3 Å². The van der Waals surface area contributed by atoms with Crippen LogP contribution in [-0.4, -0.2) is 25.8 Å². The first-order valence-electron chi connectivity index (χ1n) is 5.31. The standard InChI is InChI=1S/C12H12ClFO4/c1-12(8-4-3-7(13)5-9(8)14)17-6-10(18-12)11(15)16-2/h3-5,10H,6H2,1-2H3. The van der Waals surface area contributed by atoms with Crippen molar-refractivity contribution in [2.24, 2.45) is 0 Å². The van der Waals surface area contributed by atoms with E-state index in [1.54, 1.807) is 6.92 Å². The second-order valence-corrected chi connectivity index (χ2v) is 4.45. The van der Waals surface area contributed by atoms with Gasteiger partial charge in [0.2, 0.25) is 0 Å². The van der Waals surface area contributed by atoms with Gasteiger partial charge in [0.25, 0.3) is 0 Å². The number of carbonyl (C=O) groups excluding carboxylic acids is 1. The monoisotopic (exact) mass is 274 g/mol. The molecule has 0 aromatic heterocycles. The Kier molecular flexibility index (Phi) is 3.56. The van der Waals surface area contributed by atoms with Crippen LogP contribution in [0.4, 0.5) is 4.39 Å². The molecule has 0 radical (unpaired) electrons. The van der Waals surface area contributed by atoms with Gasteiger partial charge in [-0.25, -0.2) is 9.18 Å². The summed E-state index contributed by atoms with van der Waals surface area (Å²) in [5, 5.41) is 0.280. The van der Waals surface area contributed by atoms with E-state index in [9.17, 15) is 9.18 Å². The van der Waals surface area contributed by atoms with E-state index in [0.717, 1.165) is 0 Å². The van der Waals surface area contributed by atoms with E-state index in [2.05, 4.69) is 4.74 Å². The summed E-state index contributed by atoms with van der Waals surface area (Å²) in [5.41, 5.74) is 0.193. The molecule has 1 heterocycles. The molecule has 98 valence electrons. The van der Waals surface area contributed by atoms with Crippen LogP contribution >= 0.6 is 11.6 Å². The summed E-state index contributed by atoms with van der Waals surface area (Å²) in [4.78, 5) is 11.3. The molecule has 2 atom stereocenters. The predicted octanol–water partition coefficient (Wildman–Crippen LogP) is 2.24. The highest BCUT2D eigenvalue weighted by Crippen LogP contribution is 2.36. The molecule has 0 aliphatic carbocycles. The zero-order valence-corrected chi connectivity index (χ0v) is 10.7. The maximum absolute atomic E-state index is 13.8. The Morgan fingerprint density at radius 1 is 1.61 bits per heavy atom. The summed E-state index contributed by atoms with van der Waals surface area (Å²) < 4.78 is 29.2. The van der Waals surface area contributed by atoms with Gasteiger partial charge in [-0.1, -0.05) is 11.6 Å². The van der Waals surface area contributed by atoms with Gasteiger partial charge in [0.05, 0.1) is 13.7 Å². The third-order valence-electron chi connectivity index (χ3n) is 2.76. The Morgan fingerprint density at radius 2 is 2.33 bits per heavy atom. The summed E-state index contributed by atoms with van der Waals surface area (Å²) in [7, 11) is 1.25. The zero-order valence-electron chi connectivity index (χ0n) is 9.91. The molecule has 0 spiro atoms. The van der Waals surface area contributed by atoms with Crippen LogP contribution in [0.3, 0.4) is 0 Å². The Bertz CT molecular complexity index is 479. The molecular weight excluding hydrogens is 263 g/mol. The molecule has 1 aliphatic rings. The van der Waals surface area contributed by atoms with Gasteiger partial charge in [0, 0.05) is 10.6 Å². The third kappa shape index (κ3) is 2.34. The van der Waals surface area contributed by atoms with Crippen molar-refractivity contribution in [3.8, 4) is 0 Å². The van der Waals surface area contributed by atoms with Crippen molar-refractivity contribution in [2.45, 2.75) is 18.8 Å². The minimum absolute atomic E-state index is 0.0191. The fraction of sp³-hybridized carbons (Fsp3) is 0.417. The summed E-state index contributed by atoms with van der Waals surface area (Å²) in [5.74, 6) is -2.41. The van der Waals surface area contributed by atoms with Crippen molar-refractivity contribution in [1.29, 1.82) is 0 Å². The molecule has 2 rings (SSSR count). The second-order valence-electron chi connectivity index (χ2n) is 4.01. The first-order chi connectivity index (χ1) is 8.46. The van der Waals surface area contributed by atoms with Crippen molar-refractivity contribution >= 4 is 17.6 Å². The number of hydrogen-bond donors (Lipinski definition) is 0. The first-order valence-corrected chi connectivity index (χ1v) is 5.69. The molecule has 2 unspecified atom stereocenters. The van der Waals surface area contributed by atoms with Gasteiger partial charge in [-0.15, -0.1) is 0 Å². The molecule has 0 N–H and O–H groups in total. The maximum Gasteiger partial charge on any atom is 0.337 e. The summed E-state index contributed by atoms with van der Waals surface area (Å²) >= 11 is 5.67. The van der Waals surface area contributed by atoms with E-state index < -0.39 is 23.7 Å². The van der Waals surface area contributed by atoms with Crippen LogP contribution in [0.25, 0.3) is 0 Å².